The van der Waals surface area contributed by atoms with Crippen molar-refractivity contribution in [1.82, 2.24) is 0 Å². The summed E-state index contributed by atoms with van der Waals surface area (Å²) >= 11 is 0. The molecule has 3 heteroatoms. The van der Waals surface area contributed by atoms with Gasteiger partial charge in [-0.15, -0.1) is 12.4 Å². The predicted octanol–water partition coefficient (Wildman–Crippen LogP) is -0.0494. The number of hydrogen-bond donors (Lipinski definition) is 1. The molecule has 0 aliphatic heterocycles. The lowest BCUT2D eigenvalue weighted by Gasteiger charge is -1.69. The van der Waals surface area contributed by atoms with Crippen molar-refractivity contribution >= 4 is 12.4 Å². The van der Waals surface area contributed by atoms with Crippen LogP contribution >= 0.6 is 12.4 Å². The third kappa shape index (κ3) is 2.85. The highest BCUT2D eigenvalue weighted by Crippen LogP contribution is 2.25. The van der Waals surface area contributed by atoms with Crippen LogP contribution in [0.15, 0.2) is 0 Å². The van der Waals surface area contributed by atoms with Crippen molar-refractivity contribution in [2.75, 3.05) is 0 Å². The molecule has 1 fully saturated rings. The van der Waals surface area contributed by atoms with Crippen LogP contribution in [0, 0.1) is 5.92 Å². The molecule has 0 heterocycles. The molecule has 0 aromatic rings. The third-order valence-corrected chi connectivity index (χ3v) is 1.17. The first-order valence-electron chi connectivity index (χ1n) is 2.06. The van der Waals surface area contributed by atoms with Crippen LogP contribution in [0.5, 0.6) is 0 Å². The van der Waals surface area contributed by atoms with Gasteiger partial charge in [0.2, 0.25) is 0 Å². The van der Waals surface area contributed by atoms with Crippen LogP contribution in [0.2, 0.25) is 0 Å². The summed E-state index contributed by atoms with van der Waals surface area (Å²) in [7, 11) is 0. The van der Waals surface area contributed by atoms with Crippen molar-refractivity contribution in [1.29, 1.82) is 0 Å². The van der Waals surface area contributed by atoms with Gasteiger partial charge in [0.05, 0.1) is 0 Å². The maximum atomic E-state index is 5.37. The van der Waals surface area contributed by atoms with Gasteiger partial charge in [0.15, 0.2) is 0 Å². The van der Waals surface area contributed by atoms with Crippen LogP contribution in [0.1, 0.15) is 13.3 Å². The Morgan fingerprint density at radius 1 is 1.57 bits per heavy atom. The zero-order valence-corrected chi connectivity index (χ0v) is 5.16. The monoisotopic (exact) mass is 125 g/mol. The lowest BCUT2D eigenvalue weighted by molar-refractivity contribution is 0.824. The van der Waals surface area contributed by atoms with Crippen molar-refractivity contribution < 1.29 is 5.48 Å². The SMILES string of the molecule is CC1CC1N.Cl.O. The Morgan fingerprint density at radius 3 is 1.71 bits per heavy atom. The van der Waals surface area contributed by atoms with E-state index in [1.54, 1.807) is 0 Å². The molecule has 0 amide bonds. The highest BCUT2D eigenvalue weighted by Gasteiger charge is 2.27. The Hall–Kier alpha value is 0.210. The second-order valence-electron chi connectivity index (χ2n) is 1.88. The van der Waals surface area contributed by atoms with E-state index >= 15 is 0 Å². The summed E-state index contributed by atoms with van der Waals surface area (Å²) < 4.78 is 0. The molecule has 7 heavy (non-hydrogen) atoms. The van der Waals surface area contributed by atoms with Crippen LogP contribution in [-0.2, 0) is 0 Å². The summed E-state index contributed by atoms with van der Waals surface area (Å²) in [6.07, 6.45) is 1.25. The minimum absolute atomic E-state index is 0. The van der Waals surface area contributed by atoms with Gasteiger partial charge < -0.3 is 11.2 Å². The molecule has 1 rings (SSSR count). The van der Waals surface area contributed by atoms with Gasteiger partial charge in [0, 0.05) is 6.04 Å². The lowest BCUT2D eigenvalue weighted by atomic mass is 10.5. The van der Waals surface area contributed by atoms with Crippen LogP contribution < -0.4 is 5.73 Å². The zero-order valence-electron chi connectivity index (χ0n) is 4.35. The second kappa shape index (κ2) is 3.24. The molecular formula is C4H12ClNO. The van der Waals surface area contributed by atoms with E-state index in [0.29, 0.717) is 6.04 Å². The van der Waals surface area contributed by atoms with E-state index in [-0.39, 0.29) is 17.9 Å². The number of rotatable bonds is 0. The summed E-state index contributed by atoms with van der Waals surface area (Å²) in [4.78, 5) is 0. The molecule has 0 radical (unpaired) electrons. The fourth-order valence-electron chi connectivity index (χ4n) is 0.351. The van der Waals surface area contributed by atoms with Gasteiger partial charge in [-0.2, -0.15) is 0 Å². The first kappa shape index (κ1) is 10.2. The average Bonchev–Trinajstić information content (AvgIpc) is 1.79. The summed E-state index contributed by atoms with van der Waals surface area (Å²) in [5.41, 5.74) is 5.37. The standard InChI is InChI=1S/C4H9N.ClH.H2O/c1-3-2-4(3)5;;/h3-4H,2,5H2,1H3;1H;1H2. The minimum Gasteiger partial charge on any atom is -0.412 e. The average molecular weight is 126 g/mol. The Morgan fingerprint density at radius 2 is 1.71 bits per heavy atom. The highest BCUT2D eigenvalue weighted by atomic mass is 35.5. The van der Waals surface area contributed by atoms with Crippen LogP contribution in [0.25, 0.3) is 0 Å². The van der Waals surface area contributed by atoms with E-state index in [1.807, 2.05) is 0 Å². The second-order valence-corrected chi connectivity index (χ2v) is 1.88. The summed E-state index contributed by atoms with van der Waals surface area (Å²) in [6, 6.07) is 0.551. The highest BCUT2D eigenvalue weighted by molar-refractivity contribution is 5.85. The summed E-state index contributed by atoms with van der Waals surface area (Å²) in [5.74, 6) is 0.829. The number of hydrogen-bond acceptors (Lipinski definition) is 1. The summed E-state index contributed by atoms with van der Waals surface area (Å²) in [6.45, 7) is 2.17. The maximum absolute atomic E-state index is 5.37. The molecule has 4 N–H and O–H groups in total. The quantitative estimate of drug-likeness (QED) is 0.485. The van der Waals surface area contributed by atoms with Crippen molar-refractivity contribution in [3.8, 4) is 0 Å². The van der Waals surface area contributed by atoms with Gasteiger partial charge in [-0.3, -0.25) is 0 Å². The molecule has 1 aliphatic carbocycles. The first-order valence-corrected chi connectivity index (χ1v) is 2.06. The van der Waals surface area contributed by atoms with Gasteiger partial charge in [0.1, 0.15) is 0 Å². The summed E-state index contributed by atoms with van der Waals surface area (Å²) in [5, 5.41) is 0. The number of halogens is 1. The molecule has 0 bridgehead atoms. The molecule has 0 aromatic carbocycles. The van der Waals surface area contributed by atoms with Gasteiger partial charge in [-0.05, 0) is 12.3 Å². The van der Waals surface area contributed by atoms with Gasteiger partial charge in [-0.25, -0.2) is 0 Å². The van der Waals surface area contributed by atoms with Gasteiger partial charge >= 0.3 is 0 Å². The van der Waals surface area contributed by atoms with Crippen LogP contribution in [0.3, 0.4) is 0 Å². The van der Waals surface area contributed by atoms with E-state index in [4.69, 9.17) is 5.73 Å². The van der Waals surface area contributed by atoms with Gasteiger partial charge in [0.25, 0.3) is 0 Å². The Balaban J connectivity index is 0. The van der Waals surface area contributed by atoms with Crippen LogP contribution in [0.4, 0.5) is 0 Å². The van der Waals surface area contributed by atoms with Crippen molar-refractivity contribution in [3.05, 3.63) is 0 Å². The molecule has 1 aliphatic rings. The fraction of sp³-hybridized carbons (Fsp3) is 1.00. The molecule has 1 saturated carbocycles. The number of nitrogens with two attached hydrogens (primary N) is 1. The van der Waals surface area contributed by atoms with E-state index in [1.165, 1.54) is 6.42 Å². The smallest absolute Gasteiger partial charge is 0.00682 e. The Labute approximate surface area is 49.8 Å². The molecule has 0 spiro atoms. The molecule has 2 atom stereocenters. The zero-order chi connectivity index (χ0) is 3.86. The molecule has 0 aromatic heterocycles. The largest absolute Gasteiger partial charge is 0.412 e. The first-order chi connectivity index (χ1) is 2.30. The third-order valence-electron chi connectivity index (χ3n) is 1.17. The van der Waals surface area contributed by atoms with E-state index < -0.39 is 0 Å². The fourth-order valence-corrected chi connectivity index (χ4v) is 0.351. The topological polar surface area (TPSA) is 57.5 Å². The van der Waals surface area contributed by atoms with E-state index in [0.717, 1.165) is 5.92 Å². The maximum Gasteiger partial charge on any atom is 0.00682 e. The van der Waals surface area contributed by atoms with Crippen molar-refractivity contribution in [2.45, 2.75) is 19.4 Å². The Kier molecular flexibility index (Phi) is 4.75. The molecule has 2 unspecified atom stereocenters. The molecule has 0 saturated heterocycles. The molecule has 2 nitrogen and oxygen atoms in total. The lowest BCUT2D eigenvalue weighted by Crippen LogP contribution is -1.98. The molecule has 46 valence electrons. The van der Waals surface area contributed by atoms with E-state index in [2.05, 4.69) is 6.92 Å². The predicted molar refractivity (Wildman–Crippen MR) is 32.6 cm³/mol. The van der Waals surface area contributed by atoms with E-state index in [9.17, 15) is 0 Å². The normalized spacial score (nSPS) is 35.1. The van der Waals surface area contributed by atoms with Gasteiger partial charge in [-0.1, -0.05) is 6.92 Å². The molecular weight excluding hydrogens is 114 g/mol. The minimum atomic E-state index is 0. The van der Waals surface area contributed by atoms with Crippen molar-refractivity contribution in [3.63, 3.8) is 0 Å². The van der Waals surface area contributed by atoms with Crippen LogP contribution in [-0.4, -0.2) is 11.5 Å². The Bertz CT molecular complexity index is 45.0. The van der Waals surface area contributed by atoms with Crippen molar-refractivity contribution in [2.24, 2.45) is 11.7 Å².